The van der Waals surface area contributed by atoms with Gasteiger partial charge in [0, 0.05) is 11.0 Å². The molecule has 0 unspecified atom stereocenters. The van der Waals surface area contributed by atoms with Crippen LogP contribution in [0.3, 0.4) is 0 Å². The van der Waals surface area contributed by atoms with Gasteiger partial charge >= 0.3 is 0 Å². The quantitative estimate of drug-likeness (QED) is 0.473. The van der Waals surface area contributed by atoms with Crippen LogP contribution in [0.2, 0.25) is 0 Å². The van der Waals surface area contributed by atoms with Crippen molar-refractivity contribution in [1.29, 1.82) is 0 Å². The monoisotopic (exact) mass is 436 g/mol. The van der Waals surface area contributed by atoms with E-state index in [9.17, 15) is 15.3 Å². The standard InChI is InChI=1S/C25H40O4S/c1-16(30-15-25(2,3)29)19-9-10-20-18(5-4-6-21(19)20)8-7-17-13-23(27)22(11-12-26)24(28)14-17/h7-8,11,16,19-21,23-24,26-29H,4-6,9-10,12-15H2,1-3H3/b17-7?,18-8-,22-11?/t16-,19+,20-,21+,23+,24+/m0/s1. The van der Waals surface area contributed by atoms with Crippen LogP contribution in [0.25, 0.3) is 0 Å². The van der Waals surface area contributed by atoms with Crippen molar-refractivity contribution < 1.29 is 20.4 Å². The molecule has 3 aliphatic rings. The zero-order chi connectivity index (χ0) is 21.9. The van der Waals surface area contributed by atoms with Crippen LogP contribution >= 0.6 is 11.8 Å². The van der Waals surface area contributed by atoms with Crippen molar-refractivity contribution in [2.24, 2.45) is 17.8 Å². The molecular formula is C25H40O4S. The number of hydrogen-bond acceptors (Lipinski definition) is 5. The summed E-state index contributed by atoms with van der Waals surface area (Å²) in [5, 5.41) is 40.3. The van der Waals surface area contributed by atoms with Gasteiger partial charge in [-0.2, -0.15) is 11.8 Å². The first-order valence-electron chi connectivity index (χ1n) is 11.6. The van der Waals surface area contributed by atoms with Crippen LogP contribution in [-0.2, 0) is 0 Å². The molecule has 0 aliphatic heterocycles. The second-order valence-electron chi connectivity index (χ2n) is 10.1. The average molecular weight is 437 g/mol. The lowest BCUT2D eigenvalue weighted by molar-refractivity contribution is 0.106. The van der Waals surface area contributed by atoms with Gasteiger partial charge in [0.2, 0.25) is 0 Å². The molecule has 0 saturated heterocycles. The fourth-order valence-corrected chi connectivity index (χ4v) is 6.98. The largest absolute Gasteiger partial charge is 0.392 e. The van der Waals surface area contributed by atoms with E-state index in [1.165, 1.54) is 31.8 Å². The van der Waals surface area contributed by atoms with Crippen molar-refractivity contribution >= 4 is 11.8 Å². The van der Waals surface area contributed by atoms with Crippen molar-refractivity contribution in [1.82, 2.24) is 0 Å². The predicted octanol–water partition coefficient (Wildman–Crippen LogP) is 3.99. The van der Waals surface area contributed by atoms with Gasteiger partial charge in [-0.3, -0.25) is 0 Å². The number of thioether (sulfide) groups is 1. The Labute approximate surface area is 186 Å². The molecule has 4 nitrogen and oxygen atoms in total. The third kappa shape index (κ3) is 6.01. The van der Waals surface area contributed by atoms with Gasteiger partial charge in [0.15, 0.2) is 0 Å². The summed E-state index contributed by atoms with van der Waals surface area (Å²) in [6.07, 6.45) is 11.9. The van der Waals surface area contributed by atoms with Crippen molar-refractivity contribution in [3.05, 3.63) is 34.9 Å². The Balaban J connectivity index is 1.65. The normalized spacial score (nSPS) is 34.8. The second kappa shape index (κ2) is 10.4. The molecule has 3 rings (SSSR count). The maximum atomic E-state index is 10.3. The van der Waals surface area contributed by atoms with Crippen LogP contribution in [0.1, 0.15) is 65.7 Å². The Morgan fingerprint density at radius 3 is 2.43 bits per heavy atom. The summed E-state index contributed by atoms with van der Waals surface area (Å²) in [7, 11) is 0. The topological polar surface area (TPSA) is 80.9 Å². The molecule has 0 amide bonds. The number of fused-ring (bicyclic) bond motifs is 1. The van der Waals surface area contributed by atoms with Gasteiger partial charge in [0.25, 0.3) is 0 Å². The van der Waals surface area contributed by atoms with E-state index in [1.807, 2.05) is 25.6 Å². The lowest BCUT2D eigenvalue weighted by Gasteiger charge is -2.34. The molecule has 170 valence electrons. The van der Waals surface area contributed by atoms with E-state index >= 15 is 0 Å². The van der Waals surface area contributed by atoms with Gasteiger partial charge in [-0.1, -0.05) is 36.3 Å². The van der Waals surface area contributed by atoms with Crippen molar-refractivity contribution in [2.45, 2.75) is 88.8 Å². The minimum Gasteiger partial charge on any atom is -0.392 e. The van der Waals surface area contributed by atoms with Crippen LogP contribution in [0.5, 0.6) is 0 Å². The fourth-order valence-electron chi connectivity index (χ4n) is 5.73. The average Bonchev–Trinajstić information content (AvgIpc) is 3.11. The maximum Gasteiger partial charge on any atom is 0.0813 e. The molecule has 0 heterocycles. The first kappa shape index (κ1) is 24.1. The number of rotatable bonds is 6. The zero-order valence-corrected chi connectivity index (χ0v) is 19.6. The summed E-state index contributed by atoms with van der Waals surface area (Å²) in [5.41, 5.74) is 2.57. The molecule has 0 radical (unpaired) electrons. The first-order valence-corrected chi connectivity index (χ1v) is 12.6. The maximum absolute atomic E-state index is 10.3. The number of allylic oxidation sites excluding steroid dienone is 3. The Kier molecular flexibility index (Phi) is 8.30. The lowest BCUT2D eigenvalue weighted by Crippen LogP contribution is -2.29. The van der Waals surface area contributed by atoms with E-state index in [0.29, 0.717) is 29.6 Å². The molecule has 0 spiro atoms. The van der Waals surface area contributed by atoms with E-state index in [-0.39, 0.29) is 6.61 Å². The molecule has 3 saturated carbocycles. The highest BCUT2D eigenvalue weighted by Gasteiger charge is 2.42. The highest BCUT2D eigenvalue weighted by atomic mass is 32.2. The minimum atomic E-state index is -0.700. The lowest BCUT2D eigenvalue weighted by atomic mass is 9.74. The Hall–Kier alpha value is -0.590. The van der Waals surface area contributed by atoms with Crippen molar-refractivity contribution in [3.63, 3.8) is 0 Å². The Morgan fingerprint density at radius 1 is 1.10 bits per heavy atom. The molecule has 0 aromatic rings. The third-order valence-electron chi connectivity index (χ3n) is 7.20. The number of hydrogen-bond donors (Lipinski definition) is 4. The number of aliphatic hydroxyl groups excluding tert-OH is 3. The van der Waals surface area contributed by atoms with Gasteiger partial charge < -0.3 is 20.4 Å². The van der Waals surface area contributed by atoms with E-state index < -0.39 is 17.8 Å². The SMILES string of the molecule is C[C@H](SCC(C)(C)O)[C@H]1CC[C@H]2/C(=C\C=C3C[C@@H](O)C(=CCO)[C@H](O)C3)CCC[C@H]12. The molecular weight excluding hydrogens is 396 g/mol. The van der Waals surface area contributed by atoms with E-state index in [4.69, 9.17) is 5.11 Å². The first-order chi connectivity index (χ1) is 14.2. The molecule has 0 aromatic carbocycles. The van der Waals surface area contributed by atoms with Crippen molar-refractivity contribution in [3.8, 4) is 0 Å². The van der Waals surface area contributed by atoms with Gasteiger partial charge in [0.05, 0.1) is 24.4 Å². The molecule has 3 fully saturated rings. The Bertz CT molecular complexity index is 659. The summed E-state index contributed by atoms with van der Waals surface area (Å²) >= 11 is 1.92. The predicted molar refractivity (Wildman–Crippen MR) is 124 cm³/mol. The molecule has 0 aromatic heterocycles. The summed E-state index contributed by atoms with van der Waals surface area (Å²) in [5.74, 6) is 2.92. The van der Waals surface area contributed by atoms with Gasteiger partial charge in [-0.15, -0.1) is 0 Å². The Morgan fingerprint density at radius 2 is 1.80 bits per heavy atom. The molecule has 6 atom stereocenters. The highest BCUT2D eigenvalue weighted by Crippen LogP contribution is 2.51. The molecule has 4 N–H and O–H groups in total. The summed E-state index contributed by atoms with van der Waals surface area (Å²) < 4.78 is 0. The highest BCUT2D eigenvalue weighted by molar-refractivity contribution is 7.99. The van der Waals surface area contributed by atoms with E-state index in [1.54, 1.807) is 5.57 Å². The van der Waals surface area contributed by atoms with Crippen molar-refractivity contribution in [2.75, 3.05) is 12.4 Å². The molecule has 0 bridgehead atoms. The van der Waals surface area contributed by atoms with Gasteiger partial charge in [0.1, 0.15) is 0 Å². The smallest absolute Gasteiger partial charge is 0.0813 e. The van der Waals surface area contributed by atoms with Crippen LogP contribution in [0.15, 0.2) is 34.9 Å². The third-order valence-corrected chi connectivity index (χ3v) is 8.95. The summed E-state index contributed by atoms with van der Waals surface area (Å²) in [6.45, 7) is 5.97. The van der Waals surface area contributed by atoms with Crippen LogP contribution in [0, 0.1) is 17.8 Å². The summed E-state index contributed by atoms with van der Waals surface area (Å²) in [4.78, 5) is 0. The van der Waals surface area contributed by atoms with E-state index in [2.05, 4.69) is 19.1 Å². The van der Waals surface area contributed by atoms with Crippen LogP contribution in [0.4, 0.5) is 0 Å². The molecule has 30 heavy (non-hydrogen) atoms. The zero-order valence-electron chi connectivity index (χ0n) is 18.8. The second-order valence-corrected chi connectivity index (χ2v) is 11.5. The van der Waals surface area contributed by atoms with Crippen LogP contribution in [-0.4, -0.2) is 55.8 Å². The fraction of sp³-hybridized carbons (Fsp3) is 0.760. The molecule has 5 heteroatoms. The number of aliphatic hydroxyl groups is 4. The molecule has 3 aliphatic carbocycles. The van der Waals surface area contributed by atoms with E-state index in [0.717, 1.165) is 29.6 Å². The minimum absolute atomic E-state index is 0.150. The van der Waals surface area contributed by atoms with Gasteiger partial charge in [-0.05, 0) is 82.1 Å². The van der Waals surface area contributed by atoms with Crippen LogP contribution < -0.4 is 0 Å². The summed E-state index contributed by atoms with van der Waals surface area (Å²) in [6, 6.07) is 0. The van der Waals surface area contributed by atoms with Gasteiger partial charge in [-0.25, -0.2) is 0 Å².